The summed E-state index contributed by atoms with van der Waals surface area (Å²) in [5.41, 5.74) is 5.55. The van der Waals surface area contributed by atoms with Gasteiger partial charge in [0.15, 0.2) is 0 Å². The van der Waals surface area contributed by atoms with E-state index in [-0.39, 0.29) is 5.56 Å². The van der Waals surface area contributed by atoms with Crippen LogP contribution in [0.15, 0.2) is 47.4 Å². The molecule has 144 valence electrons. The van der Waals surface area contributed by atoms with Crippen molar-refractivity contribution in [2.24, 2.45) is 0 Å². The second kappa shape index (κ2) is 6.95. The number of fused-ring (bicyclic) bond motifs is 2. The molecule has 0 aliphatic carbocycles. The molecule has 2 aliphatic rings. The minimum atomic E-state index is -0.0294. The van der Waals surface area contributed by atoms with Crippen LogP contribution in [0.4, 0.5) is 11.5 Å². The quantitative estimate of drug-likeness (QED) is 0.703. The lowest BCUT2D eigenvalue weighted by molar-refractivity contribution is 0.122. The summed E-state index contributed by atoms with van der Waals surface area (Å²) in [6.07, 6.45) is 2.95. The number of morpholine rings is 1. The van der Waals surface area contributed by atoms with Crippen LogP contribution < -0.4 is 15.4 Å². The number of hydrogen-bond donors (Lipinski definition) is 0. The maximum absolute atomic E-state index is 12.8. The van der Waals surface area contributed by atoms with E-state index >= 15 is 0 Å². The van der Waals surface area contributed by atoms with Gasteiger partial charge in [-0.05, 0) is 36.6 Å². The average molecular weight is 376 g/mol. The van der Waals surface area contributed by atoms with Gasteiger partial charge >= 0.3 is 0 Å². The van der Waals surface area contributed by atoms with E-state index in [2.05, 4.69) is 40.1 Å². The standard InChI is InChI=1S/C22H24N4O2/c1-16-12-18(15-25-7-6-17-4-2-3-5-19(17)25)22-23-20(13-21(27)26(22)14-16)24-8-10-28-11-9-24/h2-5,12-14H,6-11,15H2,1H3. The van der Waals surface area contributed by atoms with Crippen molar-refractivity contribution in [1.82, 2.24) is 9.38 Å². The molecule has 3 aromatic rings. The fourth-order valence-corrected chi connectivity index (χ4v) is 4.26. The molecule has 0 bridgehead atoms. The van der Waals surface area contributed by atoms with Gasteiger partial charge in [-0.1, -0.05) is 18.2 Å². The molecule has 0 saturated carbocycles. The Morgan fingerprint density at radius 1 is 1.11 bits per heavy atom. The van der Waals surface area contributed by atoms with Crippen LogP contribution in [-0.4, -0.2) is 42.2 Å². The van der Waals surface area contributed by atoms with Gasteiger partial charge < -0.3 is 14.5 Å². The van der Waals surface area contributed by atoms with Gasteiger partial charge in [0.2, 0.25) is 0 Å². The van der Waals surface area contributed by atoms with Gasteiger partial charge in [-0.3, -0.25) is 9.20 Å². The molecule has 2 aromatic heterocycles. The van der Waals surface area contributed by atoms with Crippen LogP contribution in [0.3, 0.4) is 0 Å². The number of nitrogens with zero attached hydrogens (tertiary/aromatic N) is 4. The fraction of sp³-hybridized carbons (Fsp3) is 0.364. The van der Waals surface area contributed by atoms with E-state index in [1.54, 1.807) is 10.5 Å². The zero-order chi connectivity index (χ0) is 19.1. The lowest BCUT2D eigenvalue weighted by Crippen LogP contribution is -2.37. The smallest absolute Gasteiger partial charge is 0.259 e. The molecule has 28 heavy (non-hydrogen) atoms. The molecule has 0 unspecified atom stereocenters. The minimum Gasteiger partial charge on any atom is -0.378 e. The molecule has 0 radical (unpaired) electrons. The van der Waals surface area contributed by atoms with E-state index < -0.39 is 0 Å². The first kappa shape index (κ1) is 17.3. The molecule has 5 rings (SSSR count). The molecule has 6 nitrogen and oxygen atoms in total. The molecule has 6 heteroatoms. The number of hydrogen-bond acceptors (Lipinski definition) is 5. The van der Waals surface area contributed by atoms with Crippen LogP contribution in [0.25, 0.3) is 5.65 Å². The Bertz CT molecular complexity index is 1090. The van der Waals surface area contributed by atoms with Gasteiger partial charge in [0.25, 0.3) is 5.56 Å². The predicted octanol–water partition coefficient (Wildman–Crippen LogP) is 2.40. The average Bonchev–Trinajstić information content (AvgIpc) is 3.12. The first-order valence-corrected chi connectivity index (χ1v) is 9.87. The van der Waals surface area contributed by atoms with Gasteiger partial charge in [0.1, 0.15) is 11.5 Å². The Kier molecular flexibility index (Phi) is 4.28. The summed E-state index contributed by atoms with van der Waals surface area (Å²) >= 11 is 0. The highest BCUT2D eigenvalue weighted by molar-refractivity contribution is 5.61. The van der Waals surface area contributed by atoms with Gasteiger partial charge in [-0.15, -0.1) is 0 Å². The van der Waals surface area contributed by atoms with E-state index in [1.807, 2.05) is 13.1 Å². The molecule has 1 saturated heterocycles. The Labute approximate surface area is 164 Å². The number of pyridine rings is 1. The van der Waals surface area contributed by atoms with Crippen LogP contribution in [0.5, 0.6) is 0 Å². The van der Waals surface area contributed by atoms with Crippen LogP contribution in [0.2, 0.25) is 0 Å². The number of aryl methyl sites for hydroxylation is 1. The Balaban J connectivity index is 1.58. The number of aromatic nitrogens is 2. The molecule has 0 atom stereocenters. The van der Waals surface area contributed by atoms with Gasteiger partial charge in [0, 0.05) is 49.7 Å². The minimum absolute atomic E-state index is 0.0294. The highest BCUT2D eigenvalue weighted by Gasteiger charge is 2.21. The summed E-state index contributed by atoms with van der Waals surface area (Å²) in [7, 11) is 0. The van der Waals surface area contributed by atoms with Crippen molar-refractivity contribution in [3.63, 3.8) is 0 Å². The predicted molar refractivity (Wildman–Crippen MR) is 110 cm³/mol. The Morgan fingerprint density at radius 2 is 1.93 bits per heavy atom. The summed E-state index contributed by atoms with van der Waals surface area (Å²) in [5, 5.41) is 0. The maximum atomic E-state index is 12.8. The van der Waals surface area contributed by atoms with E-state index in [4.69, 9.17) is 9.72 Å². The molecule has 1 fully saturated rings. The molecule has 0 N–H and O–H groups in total. The third-order valence-corrected chi connectivity index (χ3v) is 5.64. The summed E-state index contributed by atoms with van der Waals surface area (Å²) < 4.78 is 7.13. The van der Waals surface area contributed by atoms with Gasteiger partial charge in [-0.25, -0.2) is 4.98 Å². The van der Waals surface area contributed by atoms with Crippen LogP contribution in [0, 0.1) is 6.92 Å². The van der Waals surface area contributed by atoms with E-state index in [1.165, 1.54) is 11.3 Å². The normalized spacial score (nSPS) is 16.6. The SMILES string of the molecule is Cc1cc(CN2CCc3ccccc32)c2nc(N3CCOCC3)cc(=O)n2c1. The van der Waals surface area contributed by atoms with E-state index in [0.717, 1.165) is 55.2 Å². The summed E-state index contributed by atoms with van der Waals surface area (Å²) in [6.45, 7) is 6.66. The Hall–Kier alpha value is -2.86. The third-order valence-electron chi connectivity index (χ3n) is 5.64. The van der Waals surface area contributed by atoms with Crippen molar-refractivity contribution >= 4 is 17.2 Å². The lowest BCUT2D eigenvalue weighted by Gasteiger charge is -2.28. The van der Waals surface area contributed by atoms with Crippen LogP contribution in [-0.2, 0) is 17.7 Å². The number of rotatable bonds is 3. The van der Waals surface area contributed by atoms with Crippen molar-refractivity contribution < 1.29 is 4.74 Å². The van der Waals surface area contributed by atoms with Crippen molar-refractivity contribution in [3.8, 4) is 0 Å². The van der Waals surface area contributed by atoms with Crippen molar-refractivity contribution in [1.29, 1.82) is 0 Å². The maximum Gasteiger partial charge on any atom is 0.259 e. The molecule has 0 amide bonds. The summed E-state index contributed by atoms with van der Waals surface area (Å²) in [6, 6.07) is 12.4. The number of para-hydroxylation sites is 1. The van der Waals surface area contributed by atoms with E-state index in [9.17, 15) is 4.79 Å². The fourth-order valence-electron chi connectivity index (χ4n) is 4.26. The van der Waals surface area contributed by atoms with E-state index in [0.29, 0.717) is 13.2 Å². The highest BCUT2D eigenvalue weighted by atomic mass is 16.5. The summed E-state index contributed by atoms with van der Waals surface area (Å²) in [5.74, 6) is 0.750. The Morgan fingerprint density at radius 3 is 2.79 bits per heavy atom. The van der Waals surface area contributed by atoms with Crippen LogP contribution >= 0.6 is 0 Å². The molecule has 4 heterocycles. The first-order chi connectivity index (χ1) is 13.7. The number of benzene rings is 1. The highest BCUT2D eigenvalue weighted by Crippen LogP contribution is 2.29. The van der Waals surface area contributed by atoms with Gasteiger partial charge in [-0.2, -0.15) is 0 Å². The van der Waals surface area contributed by atoms with Gasteiger partial charge in [0.05, 0.1) is 13.2 Å². The molecule has 1 aromatic carbocycles. The van der Waals surface area contributed by atoms with Crippen LogP contribution in [0.1, 0.15) is 16.7 Å². The molecular formula is C22H24N4O2. The monoisotopic (exact) mass is 376 g/mol. The summed E-state index contributed by atoms with van der Waals surface area (Å²) in [4.78, 5) is 22.3. The molecule has 2 aliphatic heterocycles. The zero-order valence-corrected chi connectivity index (χ0v) is 16.1. The second-order valence-electron chi connectivity index (χ2n) is 7.59. The number of ether oxygens (including phenoxy) is 1. The first-order valence-electron chi connectivity index (χ1n) is 9.87. The second-order valence-corrected chi connectivity index (χ2v) is 7.59. The molecular weight excluding hydrogens is 352 g/mol. The topological polar surface area (TPSA) is 50.1 Å². The van der Waals surface area contributed by atoms with Crippen molar-refractivity contribution in [3.05, 3.63) is 69.6 Å². The number of anilines is 2. The largest absolute Gasteiger partial charge is 0.378 e. The lowest BCUT2D eigenvalue weighted by atomic mass is 10.1. The van der Waals surface area contributed by atoms with Crippen molar-refractivity contribution in [2.45, 2.75) is 19.9 Å². The molecule has 0 spiro atoms. The third kappa shape index (κ3) is 3.03. The van der Waals surface area contributed by atoms with Crippen molar-refractivity contribution in [2.75, 3.05) is 42.6 Å². The zero-order valence-electron chi connectivity index (χ0n) is 16.1.